The van der Waals surface area contributed by atoms with E-state index in [1.54, 1.807) is 0 Å². The normalized spacial score (nSPS) is 15.7. The number of fused-ring (bicyclic) bond motifs is 6. The van der Waals surface area contributed by atoms with Gasteiger partial charge in [0.15, 0.2) is 0 Å². The van der Waals surface area contributed by atoms with E-state index in [-0.39, 0.29) is 5.60 Å². The maximum absolute atomic E-state index is 6.42. The van der Waals surface area contributed by atoms with Crippen molar-refractivity contribution in [2.75, 3.05) is 0 Å². The van der Waals surface area contributed by atoms with Crippen LogP contribution in [-0.4, -0.2) is 15.6 Å². The number of aromatic amines is 1. The van der Waals surface area contributed by atoms with Crippen molar-refractivity contribution >= 4 is 45.0 Å². The Labute approximate surface area is 167 Å². The molecule has 0 fully saturated rings. The number of aryl methyl sites for hydroxylation is 1. The van der Waals surface area contributed by atoms with E-state index in [1.165, 1.54) is 0 Å². The molecule has 0 spiro atoms. The summed E-state index contributed by atoms with van der Waals surface area (Å²) in [5.41, 5.74) is 3.62. The van der Waals surface area contributed by atoms with Gasteiger partial charge in [-0.25, -0.2) is 4.98 Å². The largest absolute Gasteiger partial charge is 0.487 e. The molecule has 0 aliphatic carbocycles. The molecular formula is C22H18Cl2N2O. The lowest BCUT2D eigenvalue weighted by Gasteiger charge is -2.33. The fourth-order valence-corrected chi connectivity index (χ4v) is 4.48. The maximum Gasteiger partial charge on any atom is 0.141 e. The van der Waals surface area contributed by atoms with E-state index in [2.05, 4.69) is 31.0 Å². The van der Waals surface area contributed by atoms with Crippen LogP contribution in [0, 0.1) is 0 Å². The molecule has 3 nitrogen and oxygen atoms in total. The average molecular weight is 397 g/mol. The molecule has 136 valence electrons. The summed E-state index contributed by atoms with van der Waals surface area (Å²) in [6, 6.07) is 13.8. The van der Waals surface area contributed by atoms with Crippen LogP contribution in [0.2, 0.25) is 10.0 Å². The van der Waals surface area contributed by atoms with Gasteiger partial charge in [-0.05, 0) is 38.8 Å². The monoisotopic (exact) mass is 396 g/mol. The molecule has 1 aromatic heterocycles. The molecule has 0 bridgehead atoms. The molecular weight excluding hydrogens is 379 g/mol. The fraction of sp³-hybridized carbons (Fsp3) is 0.227. The van der Waals surface area contributed by atoms with Crippen molar-refractivity contribution in [3.63, 3.8) is 0 Å². The number of nitrogens with zero attached hydrogens (tertiary/aromatic N) is 1. The number of halogens is 2. The van der Waals surface area contributed by atoms with E-state index >= 15 is 0 Å². The van der Waals surface area contributed by atoms with Crippen LogP contribution in [0.3, 0.4) is 0 Å². The molecule has 0 amide bonds. The highest BCUT2D eigenvalue weighted by Crippen LogP contribution is 2.44. The van der Waals surface area contributed by atoms with Gasteiger partial charge >= 0.3 is 0 Å². The molecule has 0 radical (unpaired) electrons. The molecule has 4 aromatic rings. The van der Waals surface area contributed by atoms with Crippen LogP contribution in [-0.2, 0) is 6.42 Å². The minimum absolute atomic E-state index is 0.186. The number of ether oxygens (including phenoxy) is 1. The standard InChI is InChI=1S/C22H18Cl2N2O/c1-22(2)11-10-14-19-18(12-6-3-4-7-13(12)20(14)27-22)25-21(26-19)17-15(23)8-5-9-16(17)24/h3-9H,10-11H2,1-2H3,(H,25,26). The molecule has 0 saturated heterocycles. The summed E-state index contributed by atoms with van der Waals surface area (Å²) in [6.45, 7) is 4.27. The molecule has 1 N–H and O–H groups in total. The zero-order valence-electron chi connectivity index (χ0n) is 15.1. The van der Waals surface area contributed by atoms with Gasteiger partial charge in [0.05, 0.1) is 26.6 Å². The van der Waals surface area contributed by atoms with Crippen LogP contribution in [0.1, 0.15) is 25.8 Å². The van der Waals surface area contributed by atoms with Crippen molar-refractivity contribution in [1.82, 2.24) is 9.97 Å². The summed E-state index contributed by atoms with van der Waals surface area (Å²) in [5.74, 6) is 1.63. The molecule has 1 aliphatic rings. The summed E-state index contributed by atoms with van der Waals surface area (Å²) in [6.07, 6.45) is 1.87. The molecule has 0 unspecified atom stereocenters. The number of rotatable bonds is 1. The Hall–Kier alpha value is -2.23. The third-order valence-electron chi connectivity index (χ3n) is 5.26. The van der Waals surface area contributed by atoms with Crippen LogP contribution >= 0.6 is 23.2 Å². The van der Waals surface area contributed by atoms with Crippen molar-refractivity contribution in [2.45, 2.75) is 32.3 Å². The van der Waals surface area contributed by atoms with Crippen molar-refractivity contribution in [3.05, 3.63) is 58.1 Å². The second-order valence-electron chi connectivity index (χ2n) is 7.62. The highest BCUT2D eigenvalue weighted by molar-refractivity contribution is 6.39. The van der Waals surface area contributed by atoms with Gasteiger partial charge in [0, 0.05) is 16.3 Å². The first-order valence-electron chi connectivity index (χ1n) is 9.01. The number of hydrogen-bond donors (Lipinski definition) is 1. The Balaban J connectivity index is 1.87. The zero-order valence-corrected chi connectivity index (χ0v) is 16.6. The Morgan fingerprint density at radius 3 is 2.44 bits per heavy atom. The SMILES string of the molecule is CC1(C)CCc2c(c3ccccc3c3[nH]c(-c4c(Cl)cccc4Cl)nc23)O1. The summed E-state index contributed by atoms with van der Waals surface area (Å²) in [4.78, 5) is 8.38. The van der Waals surface area contributed by atoms with Gasteiger partial charge in [-0.3, -0.25) is 0 Å². The van der Waals surface area contributed by atoms with Gasteiger partial charge in [0.2, 0.25) is 0 Å². The second kappa shape index (κ2) is 5.88. The number of imidazole rings is 1. The smallest absolute Gasteiger partial charge is 0.141 e. The van der Waals surface area contributed by atoms with Gasteiger partial charge in [-0.2, -0.15) is 0 Å². The van der Waals surface area contributed by atoms with Gasteiger partial charge in [-0.1, -0.05) is 53.5 Å². The lowest BCUT2D eigenvalue weighted by atomic mass is 9.91. The van der Waals surface area contributed by atoms with Gasteiger partial charge < -0.3 is 9.72 Å². The summed E-state index contributed by atoms with van der Waals surface area (Å²) in [5, 5.41) is 3.35. The zero-order chi connectivity index (χ0) is 18.8. The molecule has 2 heterocycles. The van der Waals surface area contributed by atoms with E-state index in [1.807, 2.05) is 30.3 Å². The lowest BCUT2D eigenvalue weighted by Crippen LogP contribution is -2.32. The minimum atomic E-state index is -0.186. The van der Waals surface area contributed by atoms with Crippen molar-refractivity contribution in [3.8, 4) is 17.1 Å². The van der Waals surface area contributed by atoms with Crippen LogP contribution in [0.15, 0.2) is 42.5 Å². The molecule has 5 heteroatoms. The van der Waals surface area contributed by atoms with Gasteiger partial charge in [-0.15, -0.1) is 0 Å². The maximum atomic E-state index is 6.42. The first kappa shape index (κ1) is 16.9. The van der Waals surface area contributed by atoms with Crippen molar-refractivity contribution in [1.29, 1.82) is 0 Å². The Morgan fingerprint density at radius 1 is 1.00 bits per heavy atom. The quantitative estimate of drug-likeness (QED) is 0.384. The fourth-order valence-electron chi connectivity index (χ4n) is 3.90. The lowest BCUT2D eigenvalue weighted by molar-refractivity contribution is 0.0873. The van der Waals surface area contributed by atoms with Crippen molar-refractivity contribution in [2.24, 2.45) is 0 Å². The Kier molecular flexibility index (Phi) is 3.68. The minimum Gasteiger partial charge on any atom is -0.487 e. The van der Waals surface area contributed by atoms with E-state index in [4.69, 9.17) is 32.9 Å². The number of H-pyrrole nitrogens is 1. The Morgan fingerprint density at radius 2 is 1.70 bits per heavy atom. The molecule has 1 aliphatic heterocycles. The van der Waals surface area contributed by atoms with Crippen molar-refractivity contribution < 1.29 is 4.74 Å². The van der Waals surface area contributed by atoms with Crippen LogP contribution in [0.4, 0.5) is 0 Å². The molecule has 5 rings (SSSR count). The van der Waals surface area contributed by atoms with Gasteiger partial charge in [0.1, 0.15) is 17.2 Å². The predicted molar refractivity (Wildman–Crippen MR) is 112 cm³/mol. The highest BCUT2D eigenvalue weighted by Gasteiger charge is 2.31. The number of nitrogens with one attached hydrogen (secondary N) is 1. The molecule has 0 saturated carbocycles. The molecule has 3 aromatic carbocycles. The third kappa shape index (κ3) is 2.60. The third-order valence-corrected chi connectivity index (χ3v) is 5.89. The Bertz CT molecular complexity index is 1190. The van der Waals surface area contributed by atoms with E-state index in [0.29, 0.717) is 15.9 Å². The first-order valence-corrected chi connectivity index (χ1v) is 9.77. The van der Waals surface area contributed by atoms with Crippen LogP contribution in [0.5, 0.6) is 5.75 Å². The molecule has 27 heavy (non-hydrogen) atoms. The van der Waals surface area contributed by atoms with Gasteiger partial charge in [0.25, 0.3) is 0 Å². The topological polar surface area (TPSA) is 37.9 Å². The summed E-state index contributed by atoms with van der Waals surface area (Å²) < 4.78 is 6.40. The summed E-state index contributed by atoms with van der Waals surface area (Å²) in [7, 11) is 0. The summed E-state index contributed by atoms with van der Waals surface area (Å²) >= 11 is 12.8. The van der Waals surface area contributed by atoms with E-state index < -0.39 is 0 Å². The predicted octanol–water partition coefficient (Wildman–Crippen LogP) is 6.79. The van der Waals surface area contributed by atoms with Crippen LogP contribution in [0.25, 0.3) is 33.2 Å². The van der Waals surface area contributed by atoms with E-state index in [9.17, 15) is 0 Å². The average Bonchev–Trinajstić information content (AvgIpc) is 3.06. The highest BCUT2D eigenvalue weighted by atomic mass is 35.5. The first-order chi connectivity index (χ1) is 12.9. The van der Waals surface area contributed by atoms with Crippen LogP contribution < -0.4 is 4.74 Å². The second-order valence-corrected chi connectivity index (χ2v) is 8.44. The number of benzene rings is 3. The number of hydrogen-bond acceptors (Lipinski definition) is 2. The molecule has 0 atom stereocenters. The van der Waals surface area contributed by atoms with E-state index in [0.717, 1.165) is 51.5 Å². The number of aromatic nitrogens is 2.